The highest BCUT2D eigenvalue weighted by Gasteiger charge is 2.13. The third-order valence-corrected chi connectivity index (χ3v) is 4.10. The summed E-state index contributed by atoms with van der Waals surface area (Å²) in [5.74, 6) is 0. The zero-order valence-electron chi connectivity index (χ0n) is 14.0. The van der Waals surface area contributed by atoms with Gasteiger partial charge in [-0.3, -0.25) is 0 Å². The molecular formula is C23H19N. The number of hydrogen-bond acceptors (Lipinski definition) is 1. The minimum atomic E-state index is 0.699. The van der Waals surface area contributed by atoms with Gasteiger partial charge in [-0.2, -0.15) is 5.26 Å². The van der Waals surface area contributed by atoms with Crippen molar-refractivity contribution < 1.29 is 0 Å². The predicted octanol–water partition coefficient (Wildman–Crippen LogP) is 5.79. The zero-order valence-corrected chi connectivity index (χ0v) is 14.0. The van der Waals surface area contributed by atoms with Crippen molar-refractivity contribution in [1.82, 2.24) is 0 Å². The maximum atomic E-state index is 9.89. The highest BCUT2D eigenvalue weighted by Crippen LogP contribution is 2.32. The van der Waals surface area contributed by atoms with Gasteiger partial charge < -0.3 is 0 Å². The first-order valence-electron chi connectivity index (χ1n) is 8.03. The van der Waals surface area contributed by atoms with E-state index in [2.05, 4.69) is 56.3 Å². The minimum Gasteiger partial charge on any atom is -0.192 e. The predicted molar refractivity (Wildman–Crippen MR) is 100 cm³/mol. The lowest BCUT2D eigenvalue weighted by atomic mass is 9.89. The lowest BCUT2D eigenvalue weighted by molar-refractivity contribution is 1.43. The van der Waals surface area contributed by atoms with E-state index in [0.717, 1.165) is 22.3 Å². The lowest BCUT2D eigenvalue weighted by Crippen LogP contribution is -1.94. The maximum absolute atomic E-state index is 9.89. The number of nitriles is 1. The standard InChI is InChI=1S/C23H19N/c1-17-8-12-19(13-9-17)22(16-24)23(20-6-4-3-5-7-20)21-14-10-18(2)11-15-21/h3-15H,1-2H3/b23-22+. The molecule has 0 fully saturated rings. The van der Waals surface area contributed by atoms with Crippen LogP contribution in [-0.4, -0.2) is 0 Å². The maximum Gasteiger partial charge on any atom is 0.100 e. The second-order valence-corrected chi connectivity index (χ2v) is 5.96. The van der Waals surface area contributed by atoms with Crippen LogP contribution < -0.4 is 0 Å². The fourth-order valence-corrected chi connectivity index (χ4v) is 2.77. The van der Waals surface area contributed by atoms with Gasteiger partial charge in [-0.15, -0.1) is 0 Å². The summed E-state index contributed by atoms with van der Waals surface area (Å²) in [4.78, 5) is 0. The molecule has 0 atom stereocenters. The number of allylic oxidation sites excluding steroid dienone is 1. The molecule has 0 N–H and O–H groups in total. The van der Waals surface area contributed by atoms with Gasteiger partial charge in [0.1, 0.15) is 6.07 Å². The van der Waals surface area contributed by atoms with Crippen LogP contribution in [0, 0.1) is 25.2 Å². The number of rotatable bonds is 3. The summed E-state index contributed by atoms with van der Waals surface area (Å²) >= 11 is 0. The van der Waals surface area contributed by atoms with E-state index in [1.165, 1.54) is 11.1 Å². The Morgan fingerprint density at radius 1 is 0.625 bits per heavy atom. The number of benzene rings is 3. The SMILES string of the molecule is Cc1ccc(/C(C#N)=C(\c2ccccc2)c2ccc(C)cc2)cc1. The topological polar surface area (TPSA) is 23.8 Å². The van der Waals surface area contributed by atoms with E-state index in [0.29, 0.717) is 5.57 Å². The van der Waals surface area contributed by atoms with Crippen LogP contribution in [0.4, 0.5) is 0 Å². The third-order valence-electron chi connectivity index (χ3n) is 4.10. The van der Waals surface area contributed by atoms with Gasteiger partial charge in [0.2, 0.25) is 0 Å². The van der Waals surface area contributed by atoms with E-state index in [-0.39, 0.29) is 0 Å². The van der Waals surface area contributed by atoms with E-state index >= 15 is 0 Å². The summed E-state index contributed by atoms with van der Waals surface area (Å²) in [5, 5.41) is 9.89. The van der Waals surface area contributed by atoms with Gasteiger partial charge in [-0.25, -0.2) is 0 Å². The van der Waals surface area contributed by atoms with E-state index in [9.17, 15) is 5.26 Å². The third kappa shape index (κ3) is 3.29. The van der Waals surface area contributed by atoms with Crippen LogP contribution in [0.2, 0.25) is 0 Å². The molecule has 3 aromatic rings. The summed E-state index contributed by atoms with van der Waals surface area (Å²) in [6.07, 6.45) is 0. The first-order chi connectivity index (χ1) is 11.7. The first-order valence-corrected chi connectivity index (χ1v) is 8.03. The molecular weight excluding hydrogens is 290 g/mol. The normalized spacial score (nSPS) is 11.5. The van der Waals surface area contributed by atoms with Gasteiger partial charge in [-0.1, -0.05) is 90.0 Å². The number of hydrogen-bond donors (Lipinski definition) is 0. The monoisotopic (exact) mass is 309 g/mol. The fourth-order valence-electron chi connectivity index (χ4n) is 2.77. The molecule has 0 aliphatic rings. The molecule has 24 heavy (non-hydrogen) atoms. The van der Waals surface area contributed by atoms with Crippen LogP contribution in [0.15, 0.2) is 78.9 Å². The van der Waals surface area contributed by atoms with Crippen LogP contribution in [-0.2, 0) is 0 Å². The van der Waals surface area contributed by atoms with Crippen molar-refractivity contribution in [2.24, 2.45) is 0 Å². The van der Waals surface area contributed by atoms with Gasteiger partial charge in [-0.05, 0) is 30.5 Å². The van der Waals surface area contributed by atoms with Crippen LogP contribution in [0.5, 0.6) is 0 Å². The molecule has 0 radical (unpaired) electrons. The fraction of sp³-hybridized carbons (Fsp3) is 0.0870. The van der Waals surface area contributed by atoms with E-state index in [4.69, 9.17) is 0 Å². The number of nitrogens with zero attached hydrogens (tertiary/aromatic N) is 1. The van der Waals surface area contributed by atoms with Crippen molar-refractivity contribution in [2.75, 3.05) is 0 Å². The largest absolute Gasteiger partial charge is 0.192 e. The summed E-state index contributed by atoms with van der Waals surface area (Å²) in [6.45, 7) is 4.12. The summed E-state index contributed by atoms with van der Waals surface area (Å²) in [6, 6.07) is 29.0. The minimum absolute atomic E-state index is 0.699. The highest BCUT2D eigenvalue weighted by molar-refractivity contribution is 6.03. The van der Waals surface area contributed by atoms with Gasteiger partial charge in [0, 0.05) is 5.57 Å². The Morgan fingerprint density at radius 2 is 1.08 bits per heavy atom. The molecule has 0 saturated heterocycles. The Morgan fingerprint density at radius 3 is 1.58 bits per heavy atom. The van der Waals surface area contributed by atoms with Gasteiger partial charge in [0.05, 0.1) is 5.57 Å². The van der Waals surface area contributed by atoms with Crippen LogP contribution >= 0.6 is 0 Å². The van der Waals surface area contributed by atoms with Crippen molar-refractivity contribution >= 4 is 11.1 Å². The molecule has 0 spiro atoms. The van der Waals surface area contributed by atoms with Gasteiger partial charge in [0.25, 0.3) is 0 Å². The van der Waals surface area contributed by atoms with Gasteiger partial charge >= 0.3 is 0 Å². The molecule has 3 rings (SSSR count). The van der Waals surface area contributed by atoms with Gasteiger partial charge in [0.15, 0.2) is 0 Å². The molecule has 0 aliphatic heterocycles. The summed E-state index contributed by atoms with van der Waals surface area (Å²) < 4.78 is 0. The van der Waals surface area contributed by atoms with Crippen LogP contribution in [0.3, 0.4) is 0 Å². The Kier molecular flexibility index (Phi) is 4.59. The first kappa shape index (κ1) is 15.8. The number of aryl methyl sites for hydroxylation is 2. The molecule has 0 saturated carbocycles. The molecule has 1 heteroatoms. The van der Waals surface area contributed by atoms with Crippen molar-refractivity contribution in [1.29, 1.82) is 5.26 Å². The van der Waals surface area contributed by atoms with Crippen LogP contribution in [0.1, 0.15) is 27.8 Å². The average Bonchev–Trinajstić information content (AvgIpc) is 2.62. The van der Waals surface area contributed by atoms with Crippen molar-refractivity contribution in [3.63, 3.8) is 0 Å². The Bertz CT molecular complexity index is 893. The second kappa shape index (κ2) is 6.98. The Hall–Kier alpha value is -3.11. The van der Waals surface area contributed by atoms with Crippen molar-refractivity contribution in [3.8, 4) is 6.07 Å². The zero-order chi connectivity index (χ0) is 16.9. The smallest absolute Gasteiger partial charge is 0.100 e. The average molecular weight is 309 g/mol. The van der Waals surface area contributed by atoms with Crippen LogP contribution in [0.25, 0.3) is 11.1 Å². The van der Waals surface area contributed by atoms with Crippen molar-refractivity contribution in [2.45, 2.75) is 13.8 Å². The molecule has 0 bridgehead atoms. The summed E-state index contributed by atoms with van der Waals surface area (Å²) in [7, 11) is 0. The second-order valence-electron chi connectivity index (χ2n) is 5.96. The Balaban J connectivity index is 2.28. The molecule has 0 heterocycles. The highest BCUT2D eigenvalue weighted by atomic mass is 14.3. The van der Waals surface area contributed by atoms with Crippen molar-refractivity contribution in [3.05, 3.63) is 107 Å². The molecule has 0 amide bonds. The quantitative estimate of drug-likeness (QED) is 0.444. The molecule has 0 aliphatic carbocycles. The van der Waals surface area contributed by atoms with E-state index < -0.39 is 0 Å². The summed E-state index contributed by atoms with van der Waals surface area (Å²) in [5.41, 5.74) is 7.13. The van der Waals surface area contributed by atoms with E-state index in [1.54, 1.807) is 0 Å². The lowest BCUT2D eigenvalue weighted by Gasteiger charge is -2.13. The molecule has 1 nitrogen and oxygen atoms in total. The Labute approximate surface area is 143 Å². The molecule has 3 aromatic carbocycles. The molecule has 116 valence electrons. The molecule has 0 unspecified atom stereocenters. The van der Waals surface area contributed by atoms with E-state index in [1.807, 2.05) is 42.5 Å². The molecule has 0 aromatic heterocycles.